The number of thiazole rings is 1. The van der Waals surface area contributed by atoms with Gasteiger partial charge in [-0.2, -0.15) is 0 Å². The van der Waals surface area contributed by atoms with Crippen molar-refractivity contribution in [2.45, 2.75) is 12.8 Å². The quantitative estimate of drug-likeness (QED) is 0.836. The number of hydrogen-bond donors (Lipinski definition) is 0. The normalized spacial score (nSPS) is 10.3. The molecule has 82 valence electrons. The zero-order valence-electron chi connectivity index (χ0n) is 8.52. The van der Waals surface area contributed by atoms with Gasteiger partial charge in [-0.25, -0.2) is 4.98 Å². The summed E-state index contributed by atoms with van der Waals surface area (Å²) < 4.78 is 0. The van der Waals surface area contributed by atoms with E-state index in [2.05, 4.69) is 4.98 Å². The molecule has 0 aliphatic heterocycles. The third-order valence-corrected chi connectivity index (χ3v) is 3.14. The molecule has 0 amide bonds. The van der Waals surface area contributed by atoms with E-state index >= 15 is 0 Å². The number of aromatic nitrogens is 1. The zero-order valence-corrected chi connectivity index (χ0v) is 10.1. The molecular formula is C12H10ClNOS. The van der Waals surface area contributed by atoms with Crippen molar-refractivity contribution in [3.8, 4) is 0 Å². The molecule has 16 heavy (non-hydrogen) atoms. The minimum Gasteiger partial charge on any atom is -0.299 e. The predicted octanol–water partition coefficient (Wildman–Crippen LogP) is 3.15. The molecule has 1 heterocycles. The topological polar surface area (TPSA) is 30.0 Å². The lowest BCUT2D eigenvalue weighted by Crippen LogP contribution is -2.06. The van der Waals surface area contributed by atoms with E-state index in [0.29, 0.717) is 17.9 Å². The summed E-state index contributed by atoms with van der Waals surface area (Å²) >= 11 is 7.36. The molecule has 0 unspecified atom stereocenters. The van der Waals surface area contributed by atoms with Gasteiger partial charge in [0, 0.05) is 23.0 Å². The molecule has 2 aromatic rings. The molecule has 0 aliphatic carbocycles. The summed E-state index contributed by atoms with van der Waals surface area (Å²) in [6, 6.07) is 7.39. The van der Waals surface area contributed by atoms with Crippen molar-refractivity contribution in [2.75, 3.05) is 0 Å². The maximum absolute atomic E-state index is 11.7. The van der Waals surface area contributed by atoms with Gasteiger partial charge in [0.15, 0.2) is 0 Å². The minimum absolute atomic E-state index is 0.164. The van der Waals surface area contributed by atoms with Crippen molar-refractivity contribution in [2.24, 2.45) is 0 Å². The number of carbonyl (C=O) groups is 1. The van der Waals surface area contributed by atoms with E-state index < -0.39 is 0 Å². The van der Waals surface area contributed by atoms with E-state index in [4.69, 9.17) is 11.6 Å². The van der Waals surface area contributed by atoms with E-state index in [1.54, 1.807) is 12.3 Å². The average Bonchev–Trinajstić information content (AvgIpc) is 2.70. The molecule has 2 rings (SSSR count). The molecule has 0 N–H and O–H groups in total. The Morgan fingerprint density at radius 2 is 2.25 bits per heavy atom. The van der Waals surface area contributed by atoms with Crippen LogP contribution in [-0.2, 0) is 17.6 Å². The minimum atomic E-state index is 0.164. The van der Waals surface area contributed by atoms with E-state index in [-0.39, 0.29) is 5.78 Å². The SMILES string of the molecule is O=C(Cc1cccc(Cl)c1)Cc1nccs1. The Labute approximate surface area is 103 Å². The van der Waals surface area contributed by atoms with E-state index in [1.807, 2.05) is 23.6 Å². The standard InChI is InChI=1S/C12H10ClNOS/c13-10-3-1-2-9(6-10)7-11(15)8-12-14-4-5-16-12/h1-6H,7-8H2. The van der Waals surface area contributed by atoms with Crippen LogP contribution in [0.5, 0.6) is 0 Å². The summed E-state index contributed by atoms with van der Waals surface area (Å²) in [5.74, 6) is 0.164. The third-order valence-electron chi connectivity index (χ3n) is 2.12. The van der Waals surface area contributed by atoms with Crippen LogP contribution in [0.15, 0.2) is 35.8 Å². The highest BCUT2D eigenvalue weighted by Gasteiger charge is 2.07. The zero-order chi connectivity index (χ0) is 11.4. The molecule has 0 fully saturated rings. The second-order valence-corrected chi connectivity index (χ2v) is 4.86. The smallest absolute Gasteiger partial charge is 0.144 e. The first-order chi connectivity index (χ1) is 7.74. The molecule has 0 saturated carbocycles. The highest BCUT2D eigenvalue weighted by molar-refractivity contribution is 7.09. The lowest BCUT2D eigenvalue weighted by atomic mass is 10.1. The van der Waals surface area contributed by atoms with Gasteiger partial charge >= 0.3 is 0 Å². The second-order valence-electron chi connectivity index (χ2n) is 3.45. The van der Waals surface area contributed by atoms with Crippen LogP contribution in [0.4, 0.5) is 0 Å². The number of Topliss-reactive ketones (excluding diaryl/α,β-unsaturated/α-hetero) is 1. The molecule has 4 heteroatoms. The molecule has 1 aromatic carbocycles. The Kier molecular flexibility index (Phi) is 3.70. The summed E-state index contributed by atoms with van der Waals surface area (Å²) in [4.78, 5) is 15.8. The maximum Gasteiger partial charge on any atom is 0.144 e. The highest BCUT2D eigenvalue weighted by Crippen LogP contribution is 2.13. The Morgan fingerprint density at radius 1 is 1.38 bits per heavy atom. The van der Waals surface area contributed by atoms with Crippen LogP contribution in [0.2, 0.25) is 5.02 Å². The number of halogens is 1. The fourth-order valence-corrected chi connectivity index (χ4v) is 2.30. The summed E-state index contributed by atoms with van der Waals surface area (Å²) in [5.41, 5.74) is 0.953. The average molecular weight is 252 g/mol. The van der Waals surface area contributed by atoms with Gasteiger partial charge in [0.1, 0.15) is 5.78 Å². The Morgan fingerprint density at radius 3 is 2.94 bits per heavy atom. The van der Waals surface area contributed by atoms with Gasteiger partial charge in [-0.1, -0.05) is 23.7 Å². The highest BCUT2D eigenvalue weighted by atomic mass is 35.5. The monoisotopic (exact) mass is 251 g/mol. The van der Waals surface area contributed by atoms with Gasteiger partial charge in [0.25, 0.3) is 0 Å². The van der Waals surface area contributed by atoms with Crippen molar-refractivity contribution >= 4 is 28.7 Å². The summed E-state index contributed by atoms with van der Waals surface area (Å²) in [7, 11) is 0. The largest absolute Gasteiger partial charge is 0.299 e. The molecule has 2 nitrogen and oxygen atoms in total. The molecule has 0 bridgehead atoms. The van der Waals surface area contributed by atoms with Crippen LogP contribution in [0, 0.1) is 0 Å². The number of hydrogen-bond acceptors (Lipinski definition) is 3. The van der Waals surface area contributed by atoms with Gasteiger partial charge in [-0.05, 0) is 17.7 Å². The number of rotatable bonds is 4. The van der Waals surface area contributed by atoms with Crippen molar-refractivity contribution in [1.82, 2.24) is 4.98 Å². The van der Waals surface area contributed by atoms with E-state index in [9.17, 15) is 4.79 Å². The lowest BCUT2D eigenvalue weighted by molar-refractivity contribution is -0.117. The number of ketones is 1. The maximum atomic E-state index is 11.7. The van der Waals surface area contributed by atoms with Crippen LogP contribution in [0.25, 0.3) is 0 Å². The number of benzene rings is 1. The molecule has 0 aliphatic rings. The summed E-state index contributed by atoms with van der Waals surface area (Å²) in [6.45, 7) is 0. The Bertz CT molecular complexity index is 482. The van der Waals surface area contributed by atoms with Crippen LogP contribution < -0.4 is 0 Å². The first-order valence-corrected chi connectivity index (χ1v) is 6.14. The molecular weight excluding hydrogens is 242 g/mol. The van der Waals surface area contributed by atoms with Gasteiger partial charge in [-0.3, -0.25) is 4.79 Å². The Hall–Kier alpha value is -1.19. The van der Waals surface area contributed by atoms with Gasteiger partial charge in [-0.15, -0.1) is 11.3 Å². The molecule has 0 atom stereocenters. The van der Waals surface area contributed by atoms with Crippen LogP contribution in [0.1, 0.15) is 10.6 Å². The van der Waals surface area contributed by atoms with Crippen molar-refractivity contribution in [3.63, 3.8) is 0 Å². The number of carbonyl (C=O) groups excluding carboxylic acids is 1. The van der Waals surface area contributed by atoms with Crippen molar-refractivity contribution < 1.29 is 4.79 Å². The van der Waals surface area contributed by atoms with Gasteiger partial charge in [0.2, 0.25) is 0 Å². The van der Waals surface area contributed by atoms with E-state index in [0.717, 1.165) is 10.6 Å². The van der Waals surface area contributed by atoms with Crippen LogP contribution in [-0.4, -0.2) is 10.8 Å². The third kappa shape index (κ3) is 3.15. The van der Waals surface area contributed by atoms with Gasteiger partial charge < -0.3 is 0 Å². The fraction of sp³-hybridized carbons (Fsp3) is 0.167. The van der Waals surface area contributed by atoms with E-state index in [1.165, 1.54) is 11.3 Å². The van der Waals surface area contributed by atoms with Crippen molar-refractivity contribution in [1.29, 1.82) is 0 Å². The van der Waals surface area contributed by atoms with Gasteiger partial charge in [0.05, 0.1) is 11.4 Å². The first-order valence-electron chi connectivity index (χ1n) is 4.88. The van der Waals surface area contributed by atoms with Crippen LogP contribution in [0.3, 0.4) is 0 Å². The molecule has 1 aromatic heterocycles. The summed E-state index contributed by atoms with van der Waals surface area (Å²) in [6.07, 6.45) is 2.54. The molecule has 0 radical (unpaired) electrons. The van der Waals surface area contributed by atoms with Crippen LogP contribution >= 0.6 is 22.9 Å². The summed E-state index contributed by atoms with van der Waals surface area (Å²) in [5, 5.41) is 3.41. The first kappa shape index (κ1) is 11.3. The Balaban J connectivity index is 1.97. The fourth-order valence-electron chi connectivity index (χ4n) is 1.45. The predicted molar refractivity (Wildman–Crippen MR) is 66.0 cm³/mol. The lowest BCUT2D eigenvalue weighted by Gasteiger charge is -2.00. The molecule has 0 spiro atoms. The van der Waals surface area contributed by atoms with Crippen molar-refractivity contribution in [3.05, 3.63) is 51.4 Å². The second kappa shape index (κ2) is 5.23. The molecule has 0 saturated heterocycles. The number of nitrogens with zero attached hydrogens (tertiary/aromatic N) is 1.